The van der Waals surface area contributed by atoms with Gasteiger partial charge in [-0.15, -0.1) is 0 Å². The van der Waals surface area contributed by atoms with Crippen molar-refractivity contribution in [3.63, 3.8) is 0 Å². The summed E-state index contributed by atoms with van der Waals surface area (Å²) in [4.78, 5) is 4.45. The fourth-order valence-corrected chi connectivity index (χ4v) is 3.92. The van der Waals surface area contributed by atoms with E-state index >= 15 is 0 Å². The molecule has 8 heteroatoms. The van der Waals surface area contributed by atoms with Crippen LogP contribution in [0, 0.1) is 0 Å². The Bertz CT molecular complexity index is 1030. The van der Waals surface area contributed by atoms with Crippen LogP contribution in [0.1, 0.15) is 25.2 Å². The third-order valence-electron chi connectivity index (χ3n) is 4.22. The lowest BCUT2D eigenvalue weighted by atomic mass is 10.2. The van der Waals surface area contributed by atoms with Crippen LogP contribution in [0.25, 0.3) is 11.5 Å². The van der Waals surface area contributed by atoms with Gasteiger partial charge in [-0.05, 0) is 30.7 Å². The summed E-state index contributed by atoms with van der Waals surface area (Å²) in [6.45, 7) is 4.47. The molecule has 3 rings (SSSR count). The van der Waals surface area contributed by atoms with Gasteiger partial charge in [0, 0.05) is 20.0 Å². The first-order chi connectivity index (χ1) is 13.5. The van der Waals surface area contributed by atoms with Gasteiger partial charge in [0.25, 0.3) is 5.89 Å². The minimum Gasteiger partial charge on any atom is -0.493 e. The van der Waals surface area contributed by atoms with E-state index in [1.807, 2.05) is 44.2 Å². The third-order valence-corrected chi connectivity index (χ3v) is 6.02. The summed E-state index contributed by atoms with van der Waals surface area (Å²) in [5.74, 6) is 1.29. The first-order valence-corrected chi connectivity index (χ1v) is 10.5. The van der Waals surface area contributed by atoms with Gasteiger partial charge >= 0.3 is 0 Å². The summed E-state index contributed by atoms with van der Waals surface area (Å²) in [7, 11) is -2.15. The van der Waals surface area contributed by atoms with Crippen LogP contribution in [-0.2, 0) is 23.0 Å². The Morgan fingerprint density at radius 3 is 2.50 bits per heavy atom. The quantitative estimate of drug-likeness (QED) is 0.574. The molecule has 0 unspecified atom stereocenters. The normalized spacial score (nSPS) is 11.7. The summed E-state index contributed by atoms with van der Waals surface area (Å²) in [5, 5.41) is 3.89. The topological polar surface area (TPSA) is 85.5 Å². The first-order valence-electron chi connectivity index (χ1n) is 9.05. The molecule has 148 valence electrons. The van der Waals surface area contributed by atoms with Gasteiger partial charge in [-0.1, -0.05) is 42.4 Å². The van der Waals surface area contributed by atoms with Gasteiger partial charge in [-0.2, -0.15) is 9.29 Å². The predicted octanol–water partition coefficient (Wildman–Crippen LogP) is 3.52. The van der Waals surface area contributed by atoms with Crippen LogP contribution >= 0.6 is 0 Å². The van der Waals surface area contributed by atoms with E-state index in [0.717, 1.165) is 5.56 Å². The second-order valence-electron chi connectivity index (χ2n) is 6.21. The largest absolute Gasteiger partial charge is 0.493 e. The second-order valence-corrected chi connectivity index (χ2v) is 8.25. The van der Waals surface area contributed by atoms with Gasteiger partial charge in [0.2, 0.25) is 10.0 Å². The number of hydrogen-bond acceptors (Lipinski definition) is 6. The van der Waals surface area contributed by atoms with E-state index in [-0.39, 0.29) is 17.3 Å². The molecule has 7 nitrogen and oxygen atoms in total. The minimum atomic E-state index is -3.71. The summed E-state index contributed by atoms with van der Waals surface area (Å²) in [5.41, 5.74) is 1.37. The average molecular weight is 401 g/mol. The van der Waals surface area contributed by atoms with Gasteiger partial charge in [0.15, 0.2) is 5.82 Å². The maximum absolute atomic E-state index is 13.1. The van der Waals surface area contributed by atoms with Gasteiger partial charge in [-0.3, -0.25) is 0 Å². The monoisotopic (exact) mass is 401 g/mol. The molecule has 1 aromatic heterocycles. The zero-order valence-electron chi connectivity index (χ0n) is 16.1. The lowest BCUT2D eigenvalue weighted by Crippen LogP contribution is -2.26. The lowest BCUT2D eigenvalue weighted by molar-refractivity contribution is 0.338. The SMILES string of the molecule is CCOc1ccc(S(=O)(=O)N(C)Cc2ccccc2)cc1-c1nc(CC)no1. The molecule has 0 spiro atoms. The van der Waals surface area contributed by atoms with Crippen molar-refractivity contribution in [1.82, 2.24) is 14.4 Å². The molecule has 0 saturated carbocycles. The van der Waals surface area contributed by atoms with Crippen LogP contribution < -0.4 is 4.74 Å². The number of rotatable bonds is 8. The summed E-state index contributed by atoms with van der Waals surface area (Å²) >= 11 is 0. The molecule has 0 bridgehead atoms. The molecule has 0 aliphatic rings. The molecule has 0 saturated heterocycles. The van der Waals surface area contributed by atoms with Gasteiger partial charge in [-0.25, -0.2) is 8.42 Å². The fourth-order valence-electron chi connectivity index (χ4n) is 2.73. The van der Waals surface area contributed by atoms with Gasteiger partial charge in [0.05, 0.1) is 17.1 Å². The Hall–Kier alpha value is -2.71. The van der Waals surface area contributed by atoms with E-state index in [2.05, 4.69) is 10.1 Å². The van der Waals surface area contributed by atoms with Crippen molar-refractivity contribution in [2.75, 3.05) is 13.7 Å². The van der Waals surface area contributed by atoms with Crippen molar-refractivity contribution < 1.29 is 17.7 Å². The fraction of sp³-hybridized carbons (Fsp3) is 0.300. The third kappa shape index (κ3) is 4.23. The highest BCUT2D eigenvalue weighted by atomic mass is 32.2. The summed E-state index contributed by atoms with van der Waals surface area (Å²) < 4.78 is 38.4. The van der Waals surface area contributed by atoms with Crippen molar-refractivity contribution >= 4 is 10.0 Å². The number of ether oxygens (including phenoxy) is 1. The molecule has 3 aromatic rings. The molecule has 0 aliphatic carbocycles. The zero-order valence-corrected chi connectivity index (χ0v) is 16.9. The van der Waals surface area contributed by atoms with Crippen LogP contribution in [0.5, 0.6) is 5.75 Å². The number of hydrogen-bond donors (Lipinski definition) is 0. The zero-order chi connectivity index (χ0) is 20.1. The van der Waals surface area contributed by atoms with Crippen molar-refractivity contribution in [1.29, 1.82) is 0 Å². The van der Waals surface area contributed by atoms with E-state index in [1.54, 1.807) is 13.1 Å². The highest BCUT2D eigenvalue weighted by Crippen LogP contribution is 2.32. The van der Waals surface area contributed by atoms with Crippen LogP contribution in [0.15, 0.2) is 57.9 Å². The van der Waals surface area contributed by atoms with Gasteiger partial charge in [0.1, 0.15) is 5.75 Å². The lowest BCUT2D eigenvalue weighted by Gasteiger charge is -2.18. The van der Waals surface area contributed by atoms with Crippen molar-refractivity contribution in [3.8, 4) is 17.2 Å². The Morgan fingerprint density at radius 1 is 1.11 bits per heavy atom. The Labute approximate surface area is 165 Å². The number of benzene rings is 2. The standard InChI is InChI=1S/C20H23N3O4S/c1-4-19-21-20(27-22-19)17-13-16(11-12-18(17)26-5-2)28(24,25)23(3)14-15-9-7-6-8-10-15/h6-13H,4-5,14H2,1-3H3. The Morgan fingerprint density at radius 2 is 1.86 bits per heavy atom. The van der Waals surface area contributed by atoms with Crippen molar-refractivity contribution in [2.45, 2.75) is 31.7 Å². The molecule has 2 aromatic carbocycles. The molecule has 0 fully saturated rings. The molecule has 0 amide bonds. The van der Waals surface area contributed by atoms with Crippen LogP contribution in [0.4, 0.5) is 0 Å². The van der Waals surface area contributed by atoms with E-state index in [9.17, 15) is 8.42 Å². The molecule has 1 heterocycles. The number of nitrogens with zero attached hydrogens (tertiary/aromatic N) is 3. The van der Waals surface area contributed by atoms with Crippen LogP contribution in [-0.4, -0.2) is 36.5 Å². The van der Waals surface area contributed by atoms with E-state index in [1.165, 1.54) is 16.4 Å². The maximum atomic E-state index is 13.1. The highest BCUT2D eigenvalue weighted by Gasteiger charge is 2.24. The van der Waals surface area contributed by atoms with Crippen LogP contribution in [0.2, 0.25) is 0 Å². The smallest absolute Gasteiger partial charge is 0.261 e. The Balaban J connectivity index is 1.97. The first kappa shape index (κ1) is 20.0. The Kier molecular flexibility index (Phi) is 6.11. The highest BCUT2D eigenvalue weighted by molar-refractivity contribution is 7.89. The van der Waals surface area contributed by atoms with Gasteiger partial charge < -0.3 is 9.26 Å². The average Bonchev–Trinajstić information content (AvgIpc) is 3.18. The number of sulfonamides is 1. The molecule has 0 radical (unpaired) electrons. The van der Waals surface area contributed by atoms with E-state index in [0.29, 0.717) is 30.2 Å². The van der Waals surface area contributed by atoms with E-state index in [4.69, 9.17) is 9.26 Å². The molecular weight excluding hydrogens is 378 g/mol. The molecular formula is C20H23N3O4S. The molecule has 0 atom stereocenters. The van der Waals surface area contributed by atoms with Crippen molar-refractivity contribution in [3.05, 3.63) is 59.9 Å². The summed E-state index contributed by atoms with van der Waals surface area (Å²) in [6.07, 6.45) is 0.616. The molecule has 0 aliphatic heterocycles. The second kappa shape index (κ2) is 8.53. The van der Waals surface area contributed by atoms with Crippen molar-refractivity contribution in [2.24, 2.45) is 0 Å². The predicted molar refractivity (Wildman–Crippen MR) is 105 cm³/mol. The maximum Gasteiger partial charge on any atom is 0.261 e. The minimum absolute atomic E-state index is 0.139. The van der Waals surface area contributed by atoms with E-state index < -0.39 is 10.0 Å². The molecule has 0 N–H and O–H groups in total. The number of aromatic nitrogens is 2. The molecule has 28 heavy (non-hydrogen) atoms. The summed E-state index contributed by atoms with van der Waals surface area (Å²) in [6, 6.07) is 14.1. The van der Waals surface area contributed by atoms with Crippen LogP contribution in [0.3, 0.4) is 0 Å². The number of aryl methyl sites for hydroxylation is 1.